The summed E-state index contributed by atoms with van der Waals surface area (Å²) < 4.78 is 2.71. The quantitative estimate of drug-likeness (QED) is 0.127. The molecule has 0 fully saturated rings. The van der Waals surface area contributed by atoms with Crippen molar-refractivity contribution in [3.63, 3.8) is 0 Å². The third-order valence-corrected chi connectivity index (χ3v) is 30.3. The molecule has 0 amide bonds. The van der Waals surface area contributed by atoms with Gasteiger partial charge < -0.3 is 0 Å². The molecule has 200 valence electrons. The van der Waals surface area contributed by atoms with Gasteiger partial charge in [0.2, 0.25) is 0 Å². The van der Waals surface area contributed by atoms with Gasteiger partial charge in [-0.25, -0.2) is 0 Å². The van der Waals surface area contributed by atoms with Gasteiger partial charge in [-0.1, -0.05) is 0 Å². The van der Waals surface area contributed by atoms with Gasteiger partial charge in [0, 0.05) is 0 Å². The fraction of sp³-hybridized carbons (Fsp3) is 0.742. The van der Waals surface area contributed by atoms with E-state index in [4.69, 9.17) is 0 Å². The molecular formula is C31H56S2Sn2. The Kier molecular flexibility index (Phi) is 11.1. The first-order valence-corrected chi connectivity index (χ1v) is 37.7. The number of hydrogen-bond acceptors (Lipinski definition) is 1. The predicted molar refractivity (Wildman–Crippen MR) is 173 cm³/mol. The number of fused-ring (bicyclic) bond motifs is 2. The van der Waals surface area contributed by atoms with Crippen molar-refractivity contribution in [2.24, 2.45) is 11.8 Å². The fourth-order valence-electron chi connectivity index (χ4n) is 5.70. The Morgan fingerprint density at radius 2 is 1.34 bits per heavy atom. The van der Waals surface area contributed by atoms with Gasteiger partial charge in [-0.2, -0.15) is 0 Å². The van der Waals surface area contributed by atoms with E-state index in [0.29, 0.717) is 0 Å². The van der Waals surface area contributed by atoms with Crippen LogP contribution in [0.25, 0.3) is 0 Å². The van der Waals surface area contributed by atoms with E-state index in [1.165, 1.54) is 62.9 Å². The molecule has 0 nitrogen and oxygen atoms in total. The van der Waals surface area contributed by atoms with Gasteiger partial charge in [0.25, 0.3) is 0 Å². The summed E-state index contributed by atoms with van der Waals surface area (Å²) in [4.78, 5) is 19.4. The Labute approximate surface area is 233 Å². The molecule has 2 heterocycles. The first-order valence-electron chi connectivity index (χ1n) is 14.6. The molecule has 35 heavy (non-hydrogen) atoms. The van der Waals surface area contributed by atoms with Crippen LogP contribution in [0.4, 0.5) is 0 Å². The summed E-state index contributed by atoms with van der Waals surface area (Å²) in [7, 11) is -0.836. The Hall–Kier alpha value is 1.26. The van der Waals surface area contributed by atoms with Gasteiger partial charge in [0.15, 0.2) is 0 Å². The first-order chi connectivity index (χ1) is 16.2. The second-order valence-corrected chi connectivity index (χ2v) is 49.7. The van der Waals surface area contributed by atoms with Crippen LogP contribution in [0.5, 0.6) is 0 Å². The number of thioether (sulfide) groups is 1. The monoisotopic (exact) mass is 732 g/mol. The van der Waals surface area contributed by atoms with Gasteiger partial charge >= 0.3 is 236 Å². The second kappa shape index (κ2) is 12.6. The molecule has 0 bridgehead atoms. The van der Waals surface area contributed by atoms with Crippen molar-refractivity contribution < 1.29 is 0 Å². The van der Waals surface area contributed by atoms with E-state index in [1.807, 2.05) is 8.49 Å². The number of allylic oxidation sites excluding steroid dienone is 5. The van der Waals surface area contributed by atoms with Crippen LogP contribution in [0, 0.1) is 11.8 Å². The van der Waals surface area contributed by atoms with Crippen molar-refractivity contribution in [3.8, 4) is 0 Å². The fourth-order valence-corrected chi connectivity index (χ4v) is 25.7. The molecule has 4 heteroatoms. The van der Waals surface area contributed by atoms with Gasteiger partial charge in [-0.15, -0.1) is 0 Å². The van der Waals surface area contributed by atoms with Gasteiger partial charge in [0.1, 0.15) is 0 Å². The zero-order chi connectivity index (χ0) is 26.0. The Morgan fingerprint density at radius 3 is 1.80 bits per heavy atom. The molecule has 1 unspecified atom stereocenters. The van der Waals surface area contributed by atoms with Crippen LogP contribution >= 0.6 is 21.8 Å². The first kappa shape index (κ1) is 30.8. The molecule has 0 saturated heterocycles. The van der Waals surface area contributed by atoms with Crippen LogP contribution in [-0.2, 0) is 0 Å². The van der Waals surface area contributed by atoms with Crippen LogP contribution in [0.15, 0.2) is 42.1 Å². The maximum absolute atomic E-state index is 2.98. The molecule has 3 aliphatic rings. The van der Waals surface area contributed by atoms with Crippen LogP contribution in [-0.4, -0.2) is 51.5 Å². The van der Waals surface area contributed by atoms with Crippen molar-refractivity contribution >= 4 is 58.5 Å². The molecule has 0 N–H and O–H groups in total. The summed E-state index contributed by atoms with van der Waals surface area (Å²) in [6.45, 7) is 9.54. The average Bonchev–Trinajstić information content (AvgIpc) is 3.35. The topological polar surface area (TPSA) is 0 Å². The van der Waals surface area contributed by atoms with Crippen molar-refractivity contribution in [1.82, 2.24) is 0 Å². The van der Waals surface area contributed by atoms with Crippen molar-refractivity contribution in [1.29, 1.82) is 0 Å². The van der Waals surface area contributed by atoms with Crippen LogP contribution in [0.2, 0.25) is 29.6 Å². The van der Waals surface area contributed by atoms with Crippen molar-refractivity contribution in [2.75, 3.05) is 11.5 Å². The molecular weight excluding hydrogens is 674 g/mol. The zero-order valence-corrected chi connectivity index (χ0v) is 32.2. The normalized spacial score (nSPS) is 22.5. The zero-order valence-electron chi connectivity index (χ0n) is 24.9. The second-order valence-electron chi connectivity index (χ2n) is 14.4. The van der Waals surface area contributed by atoms with E-state index in [0.717, 1.165) is 15.1 Å². The Bertz CT molecular complexity index is 857. The van der Waals surface area contributed by atoms with E-state index in [9.17, 15) is 0 Å². The van der Waals surface area contributed by atoms with Crippen molar-refractivity contribution in [2.45, 2.75) is 112 Å². The van der Waals surface area contributed by atoms with E-state index < -0.39 is 46.8 Å². The standard InChI is InChI=1S/C25H38S2.6CH3.2Sn/c1-20(2)11-7-5-9-16-27(17-10-6-8-12-21(3)4)18-14-22-19-24-23(25(22)27)13-15-26-24;;;;;;;;/h13,15,18-21H,5-12,16-17H2,1-4H3;6*1H3;;. The van der Waals surface area contributed by atoms with Gasteiger partial charge in [0.05, 0.1) is 0 Å². The summed E-state index contributed by atoms with van der Waals surface area (Å²) in [5.41, 5.74) is 3.49. The summed E-state index contributed by atoms with van der Waals surface area (Å²) in [6.07, 6.45) is 16.9. The molecule has 0 saturated carbocycles. The third-order valence-electron chi connectivity index (χ3n) is 7.88. The maximum atomic E-state index is 2.98. The Morgan fingerprint density at radius 1 is 0.800 bits per heavy atom. The van der Waals surface area contributed by atoms with Crippen LogP contribution < -0.4 is 0 Å². The van der Waals surface area contributed by atoms with E-state index in [1.54, 1.807) is 16.1 Å². The number of unbranched alkanes of at least 4 members (excludes halogenated alkanes) is 4. The Balaban J connectivity index is 1.90. The predicted octanol–water partition coefficient (Wildman–Crippen LogP) is 11.1. The van der Waals surface area contributed by atoms with Gasteiger partial charge in [-0.05, 0) is 0 Å². The molecule has 1 aliphatic carbocycles. The summed E-state index contributed by atoms with van der Waals surface area (Å²) >= 11 is -1.93. The average molecular weight is 730 g/mol. The number of hydrogen-bond donors (Lipinski definition) is 0. The van der Waals surface area contributed by atoms with Crippen LogP contribution in [0.1, 0.15) is 79.1 Å². The van der Waals surface area contributed by atoms with E-state index >= 15 is 0 Å². The van der Waals surface area contributed by atoms with E-state index in [2.05, 4.69) is 86.7 Å². The molecule has 0 aromatic rings. The molecule has 1 atom stereocenters. The van der Waals surface area contributed by atoms with Gasteiger partial charge in [-0.3, -0.25) is 0 Å². The minimum atomic E-state index is -2.21. The summed E-state index contributed by atoms with van der Waals surface area (Å²) in [5.74, 6) is 4.63. The third kappa shape index (κ3) is 7.90. The SMILES string of the molecule is CC(C)CCCCCS1(CCCCCC(C)C)C=[C]([Sn]([CH3])([CH3])[CH3])C2=C1C1=C[CH]([Sn]([CH3])([CH3])[CH3])SC1=C2. The minimum absolute atomic E-state index is 0.830. The number of rotatable bonds is 14. The van der Waals surface area contributed by atoms with Crippen molar-refractivity contribution in [3.05, 3.63) is 42.1 Å². The molecule has 0 spiro atoms. The molecule has 0 radical (unpaired) electrons. The summed E-state index contributed by atoms with van der Waals surface area (Å²) in [5, 5.41) is 2.98. The molecule has 2 aliphatic heterocycles. The molecule has 0 aromatic heterocycles. The molecule has 3 rings (SSSR count). The molecule has 0 aromatic carbocycles. The van der Waals surface area contributed by atoms with E-state index in [-0.39, 0.29) is 0 Å². The summed E-state index contributed by atoms with van der Waals surface area (Å²) in [6, 6.07) is 0. The van der Waals surface area contributed by atoms with Crippen LogP contribution in [0.3, 0.4) is 0 Å².